The molecule has 1 unspecified atom stereocenters. The van der Waals surface area contributed by atoms with Gasteiger partial charge in [-0.2, -0.15) is 0 Å². The molecule has 2 rings (SSSR count). The number of thiophene rings is 1. The molecular formula is C12H9BrClFOS. The summed E-state index contributed by atoms with van der Waals surface area (Å²) in [6, 6.07) is 6.26. The van der Waals surface area contributed by atoms with Crippen LogP contribution in [0.5, 0.6) is 5.75 Å². The lowest BCUT2D eigenvalue weighted by Gasteiger charge is -2.13. The molecular weight excluding hydrogens is 327 g/mol. The highest BCUT2D eigenvalue weighted by Gasteiger charge is 2.19. The number of alkyl halides is 1. The fraction of sp³-hybridized carbons (Fsp3) is 0.167. The summed E-state index contributed by atoms with van der Waals surface area (Å²) in [6.07, 6.45) is 0. The number of hydrogen-bond acceptors (Lipinski definition) is 2. The summed E-state index contributed by atoms with van der Waals surface area (Å²) in [6.45, 7) is 0. The highest BCUT2D eigenvalue weighted by atomic mass is 79.9. The molecule has 0 N–H and O–H groups in total. The molecule has 0 fully saturated rings. The van der Waals surface area contributed by atoms with Crippen LogP contribution < -0.4 is 4.74 Å². The van der Waals surface area contributed by atoms with E-state index in [1.165, 1.54) is 23.5 Å². The van der Waals surface area contributed by atoms with Crippen LogP contribution in [-0.4, -0.2) is 7.11 Å². The first-order chi connectivity index (χ1) is 8.13. The number of benzene rings is 1. The molecule has 1 aromatic heterocycles. The second kappa shape index (κ2) is 5.38. The highest BCUT2D eigenvalue weighted by Crippen LogP contribution is 2.42. The molecule has 1 nitrogen and oxygen atoms in total. The third-order valence-corrected chi connectivity index (χ3v) is 5.02. The summed E-state index contributed by atoms with van der Waals surface area (Å²) < 4.78 is 18.5. The molecule has 1 aromatic carbocycles. The third-order valence-electron chi connectivity index (χ3n) is 2.34. The molecule has 1 heterocycles. The summed E-state index contributed by atoms with van der Waals surface area (Å²) in [5.74, 6) is 0.343. The van der Waals surface area contributed by atoms with E-state index in [-0.39, 0.29) is 10.6 Å². The van der Waals surface area contributed by atoms with Gasteiger partial charge in [0.25, 0.3) is 0 Å². The summed E-state index contributed by atoms with van der Waals surface area (Å²) in [7, 11) is 1.56. The summed E-state index contributed by atoms with van der Waals surface area (Å²) in [5.41, 5.74) is 0.733. The van der Waals surface area contributed by atoms with Crippen molar-refractivity contribution in [2.45, 2.75) is 4.83 Å². The molecule has 5 heteroatoms. The summed E-state index contributed by atoms with van der Waals surface area (Å²) >= 11 is 11.1. The Hall–Kier alpha value is -0.580. The van der Waals surface area contributed by atoms with Crippen molar-refractivity contribution < 1.29 is 9.13 Å². The van der Waals surface area contributed by atoms with Crippen LogP contribution in [-0.2, 0) is 0 Å². The summed E-state index contributed by atoms with van der Waals surface area (Å²) in [4.78, 5) is 0.774. The van der Waals surface area contributed by atoms with Gasteiger partial charge in [0.2, 0.25) is 0 Å². The largest absolute Gasteiger partial charge is 0.496 e. The van der Waals surface area contributed by atoms with Crippen molar-refractivity contribution in [3.05, 3.63) is 50.9 Å². The first-order valence-corrected chi connectivity index (χ1v) is 7.01. The number of halogens is 3. The van der Waals surface area contributed by atoms with Gasteiger partial charge in [-0.3, -0.25) is 0 Å². The molecule has 0 saturated heterocycles. The van der Waals surface area contributed by atoms with E-state index in [4.69, 9.17) is 16.3 Å². The smallest absolute Gasteiger partial charge is 0.123 e. The minimum atomic E-state index is -0.294. The van der Waals surface area contributed by atoms with Crippen molar-refractivity contribution in [1.82, 2.24) is 0 Å². The Morgan fingerprint density at radius 1 is 1.41 bits per heavy atom. The van der Waals surface area contributed by atoms with Crippen molar-refractivity contribution >= 4 is 38.9 Å². The van der Waals surface area contributed by atoms with Crippen LogP contribution in [0.3, 0.4) is 0 Å². The summed E-state index contributed by atoms with van der Waals surface area (Å²) in [5, 5.41) is 2.57. The molecule has 90 valence electrons. The van der Waals surface area contributed by atoms with Crippen LogP contribution in [0.1, 0.15) is 15.3 Å². The molecule has 2 aromatic rings. The average molecular weight is 336 g/mol. The number of methoxy groups -OCH3 is 1. The predicted octanol–water partition coefficient (Wildman–Crippen LogP) is 5.03. The van der Waals surface area contributed by atoms with Crippen LogP contribution >= 0.6 is 38.9 Å². The topological polar surface area (TPSA) is 9.23 Å². The SMILES string of the molecule is COc1ccc(F)cc1C(Br)c1sccc1Cl. The molecule has 0 aliphatic carbocycles. The zero-order chi connectivity index (χ0) is 12.4. The minimum Gasteiger partial charge on any atom is -0.496 e. The van der Waals surface area contributed by atoms with Gasteiger partial charge in [-0.1, -0.05) is 27.5 Å². The molecule has 0 aliphatic rings. The van der Waals surface area contributed by atoms with Gasteiger partial charge >= 0.3 is 0 Å². The van der Waals surface area contributed by atoms with E-state index in [0.29, 0.717) is 10.8 Å². The standard InChI is InChI=1S/C12H9BrClFOS/c1-16-10-3-2-7(15)6-8(10)11(13)12-9(14)4-5-17-12/h2-6,11H,1H3. The van der Waals surface area contributed by atoms with Crippen LogP contribution in [0, 0.1) is 5.82 Å². The normalized spacial score (nSPS) is 12.5. The van der Waals surface area contributed by atoms with Gasteiger partial charge < -0.3 is 4.74 Å². The van der Waals surface area contributed by atoms with E-state index in [2.05, 4.69) is 15.9 Å². The quantitative estimate of drug-likeness (QED) is 0.715. The van der Waals surface area contributed by atoms with Crippen molar-refractivity contribution in [1.29, 1.82) is 0 Å². The lowest BCUT2D eigenvalue weighted by atomic mass is 10.1. The highest BCUT2D eigenvalue weighted by molar-refractivity contribution is 9.09. The zero-order valence-corrected chi connectivity index (χ0v) is 12.1. The van der Waals surface area contributed by atoms with Gasteiger partial charge in [0.15, 0.2) is 0 Å². The maximum atomic E-state index is 13.3. The van der Waals surface area contributed by atoms with Gasteiger partial charge in [-0.05, 0) is 29.6 Å². The van der Waals surface area contributed by atoms with E-state index in [9.17, 15) is 4.39 Å². The van der Waals surface area contributed by atoms with Crippen molar-refractivity contribution in [2.24, 2.45) is 0 Å². The number of ether oxygens (including phenoxy) is 1. The van der Waals surface area contributed by atoms with Gasteiger partial charge in [-0.25, -0.2) is 4.39 Å². The molecule has 1 atom stereocenters. The first kappa shape index (κ1) is 12.9. The Morgan fingerprint density at radius 2 is 2.18 bits per heavy atom. The molecule has 0 aliphatic heterocycles. The monoisotopic (exact) mass is 334 g/mol. The molecule has 0 radical (unpaired) electrons. The molecule has 0 spiro atoms. The predicted molar refractivity (Wildman–Crippen MR) is 73.1 cm³/mol. The number of rotatable bonds is 3. The Bertz CT molecular complexity index is 529. The Morgan fingerprint density at radius 3 is 2.76 bits per heavy atom. The van der Waals surface area contributed by atoms with Crippen molar-refractivity contribution in [3.63, 3.8) is 0 Å². The second-order valence-electron chi connectivity index (χ2n) is 3.38. The van der Waals surface area contributed by atoms with Crippen molar-refractivity contribution in [2.75, 3.05) is 7.11 Å². The fourth-order valence-electron chi connectivity index (χ4n) is 1.53. The Balaban J connectivity index is 2.46. The van der Waals surface area contributed by atoms with Crippen molar-refractivity contribution in [3.8, 4) is 5.75 Å². The fourth-order valence-corrected chi connectivity index (χ4v) is 3.75. The maximum Gasteiger partial charge on any atom is 0.123 e. The van der Waals surface area contributed by atoms with Gasteiger partial charge in [0.05, 0.1) is 17.0 Å². The van der Waals surface area contributed by atoms with Gasteiger partial charge in [0.1, 0.15) is 11.6 Å². The zero-order valence-electron chi connectivity index (χ0n) is 8.91. The van der Waals surface area contributed by atoms with Crippen LogP contribution in [0.4, 0.5) is 4.39 Å². The van der Waals surface area contributed by atoms with E-state index in [0.717, 1.165) is 10.4 Å². The lowest BCUT2D eigenvalue weighted by Crippen LogP contribution is -1.96. The van der Waals surface area contributed by atoms with Crippen LogP contribution in [0.25, 0.3) is 0 Å². The van der Waals surface area contributed by atoms with Crippen LogP contribution in [0.2, 0.25) is 5.02 Å². The van der Waals surface area contributed by atoms with Gasteiger partial charge in [0, 0.05) is 10.4 Å². The second-order valence-corrected chi connectivity index (χ2v) is 5.65. The average Bonchev–Trinajstić information content (AvgIpc) is 2.74. The molecule has 0 amide bonds. The van der Waals surface area contributed by atoms with E-state index < -0.39 is 0 Å². The van der Waals surface area contributed by atoms with Crippen LogP contribution in [0.15, 0.2) is 29.6 Å². The first-order valence-electron chi connectivity index (χ1n) is 4.84. The lowest BCUT2D eigenvalue weighted by molar-refractivity contribution is 0.409. The van der Waals surface area contributed by atoms with E-state index >= 15 is 0 Å². The third kappa shape index (κ3) is 2.64. The molecule has 0 bridgehead atoms. The minimum absolute atomic E-state index is 0.166. The Labute approximate surface area is 116 Å². The van der Waals surface area contributed by atoms with E-state index in [1.807, 2.05) is 11.4 Å². The molecule has 0 saturated carbocycles. The number of hydrogen-bond donors (Lipinski definition) is 0. The van der Waals surface area contributed by atoms with E-state index in [1.54, 1.807) is 13.2 Å². The Kier molecular flexibility index (Phi) is 4.07. The van der Waals surface area contributed by atoms with Gasteiger partial charge in [-0.15, -0.1) is 11.3 Å². The molecule has 17 heavy (non-hydrogen) atoms. The maximum absolute atomic E-state index is 13.3.